The van der Waals surface area contributed by atoms with Gasteiger partial charge in [0.2, 0.25) is 0 Å². The Balaban J connectivity index is 0.00000182. The first kappa shape index (κ1) is 17.8. The van der Waals surface area contributed by atoms with Crippen molar-refractivity contribution < 1.29 is 9.90 Å². The van der Waals surface area contributed by atoms with Gasteiger partial charge in [0.25, 0.3) is 0 Å². The number of para-hydroxylation sites is 1. The molecule has 2 fully saturated rings. The van der Waals surface area contributed by atoms with Gasteiger partial charge in [-0.25, -0.2) is 4.79 Å². The Labute approximate surface area is 153 Å². The minimum absolute atomic E-state index is 0. The zero-order valence-corrected chi connectivity index (χ0v) is 15.2. The zero-order valence-electron chi connectivity index (χ0n) is 14.3. The van der Waals surface area contributed by atoms with E-state index in [1.54, 1.807) is 0 Å². The van der Waals surface area contributed by atoms with Crippen LogP contribution in [0.5, 0.6) is 0 Å². The number of piperidine rings is 1. The third-order valence-electron chi connectivity index (χ3n) is 5.53. The van der Waals surface area contributed by atoms with Gasteiger partial charge in [-0.3, -0.25) is 4.99 Å². The summed E-state index contributed by atoms with van der Waals surface area (Å²) >= 11 is 0. The van der Waals surface area contributed by atoms with Gasteiger partial charge in [0.05, 0.1) is 11.9 Å². The Hall–Kier alpha value is -2.01. The SMILES string of the molecule is CCN=CN1C2CCC1CC(n1cc(C(=O)O)c3ccccc31)C2.Cl. The van der Waals surface area contributed by atoms with E-state index in [0.717, 1.165) is 30.3 Å². The molecule has 2 aliphatic rings. The predicted molar refractivity (Wildman–Crippen MR) is 102 cm³/mol. The molecule has 1 N–H and O–H groups in total. The van der Waals surface area contributed by atoms with Gasteiger partial charge in [-0.1, -0.05) is 18.2 Å². The fourth-order valence-electron chi connectivity index (χ4n) is 4.45. The Kier molecular flexibility index (Phi) is 5.04. The van der Waals surface area contributed by atoms with Crippen LogP contribution in [0, 0.1) is 0 Å². The lowest BCUT2D eigenvalue weighted by Crippen LogP contribution is -2.42. The number of benzene rings is 1. The second kappa shape index (κ2) is 7.08. The molecule has 2 atom stereocenters. The van der Waals surface area contributed by atoms with Crippen LogP contribution in [0.1, 0.15) is 49.0 Å². The van der Waals surface area contributed by atoms with Gasteiger partial charge in [0.15, 0.2) is 0 Å². The van der Waals surface area contributed by atoms with E-state index in [1.165, 1.54) is 12.8 Å². The van der Waals surface area contributed by atoms with Crippen molar-refractivity contribution in [3.63, 3.8) is 0 Å². The molecule has 2 unspecified atom stereocenters. The number of halogens is 1. The lowest BCUT2D eigenvalue weighted by Gasteiger charge is -2.38. The van der Waals surface area contributed by atoms with E-state index in [0.29, 0.717) is 23.7 Å². The molecule has 4 rings (SSSR count). The van der Waals surface area contributed by atoms with Crippen molar-refractivity contribution in [1.29, 1.82) is 0 Å². The Morgan fingerprint density at radius 2 is 1.92 bits per heavy atom. The second-order valence-electron chi connectivity index (χ2n) is 6.84. The van der Waals surface area contributed by atoms with E-state index in [9.17, 15) is 9.90 Å². The zero-order chi connectivity index (χ0) is 16.7. The average Bonchev–Trinajstić information content (AvgIpc) is 3.08. The number of carboxylic acid groups (broad SMARTS) is 1. The van der Waals surface area contributed by atoms with Crippen LogP contribution in [-0.4, -0.2) is 45.5 Å². The smallest absolute Gasteiger partial charge is 0.337 e. The number of aliphatic imine (C=N–C) groups is 1. The third-order valence-corrected chi connectivity index (χ3v) is 5.53. The first-order chi connectivity index (χ1) is 11.7. The molecule has 25 heavy (non-hydrogen) atoms. The van der Waals surface area contributed by atoms with Gasteiger partial charge < -0.3 is 14.6 Å². The molecule has 6 heteroatoms. The van der Waals surface area contributed by atoms with E-state index >= 15 is 0 Å². The standard InChI is InChI=1S/C19H23N3O2.ClH/c1-2-20-12-22-13-7-8-14(22)10-15(9-13)21-11-17(19(23)24)16-5-3-4-6-18(16)21;/h3-6,11-15H,2,7-10H2,1H3,(H,23,24);1H. The summed E-state index contributed by atoms with van der Waals surface area (Å²) in [6.07, 6.45) is 8.42. The number of carboxylic acids is 1. The highest BCUT2D eigenvalue weighted by Crippen LogP contribution is 2.41. The van der Waals surface area contributed by atoms with Gasteiger partial charge in [-0.15, -0.1) is 12.4 Å². The number of rotatable bonds is 4. The molecule has 2 saturated heterocycles. The summed E-state index contributed by atoms with van der Waals surface area (Å²) in [6, 6.07) is 9.26. The van der Waals surface area contributed by atoms with Gasteiger partial charge in [-0.2, -0.15) is 0 Å². The van der Waals surface area contributed by atoms with Crippen LogP contribution in [0.2, 0.25) is 0 Å². The van der Waals surface area contributed by atoms with Gasteiger partial charge in [0, 0.05) is 41.8 Å². The van der Waals surface area contributed by atoms with Crippen LogP contribution in [0.4, 0.5) is 0 Å². The monoisotopic (exact) mass is 361 g/mol. The van der Waals surface area contributed by atoms with Gasteiger partial charge >= 0.3 is 5.97 Å². The van der Waals surface area contributed by atoms with E-state index in [1.807, 2.05) is 36.8 Å². The van der Waals surface area contributed by atoms with E-state index < -0.39 is 5.97 Å². The van der Waals surface area contributed by atoms with Crippen molar-refractivity contribution in [2.24, 2.45) is 4.99 Å². The topological polar surface area (TPSA) is 57.8 Å². The number of aromatic carboxylic acids is 1. The van der Waals surface area contributed by atoms with Crippen LogP contribution < -0.4 is 0 Å². The molecule has 0 spiro atoms. The molecule has 0 aliphatic carbocycles. The summed E-state index contributed by atoms with van der Waals surface area (Å²) in [5, 5.41) is 10.4. The first-order valence-corrected chi connectivity index (χ1v) is 8.79. The Morgan fingerprint density at radius 1 is 1.24 bits per heavy atom. The molecule has 0 radical (unpaired) electrons. The molecule has 2 aromatic rings. The van der Waals surface area contributed by atoms with E-state index in [4.69, 9.17) is 0 Å². The normalized spacial score (nSPS) is 25.5. The molecular formula is C19H24ClN3O2. The maximum atomic E-state index is 11.6. The maximum absolute atomic E-state index is 11.6. The summed E-state index contributed by atoms with van der Waals surface area (Å²) in [4.78, 5) is 18.4. The summed E-state index contributed by atoms with van der Waals surface area (Å²) in [7, 11) is 0. The number of hydrogen-bond donors (Lipinski definition) is 1. The molecule has 1 aromatic carbocycles. The molecule has 134 valence electrons. The quantitative estimate of drug-likeness (QED) is 0.662. The molecule has 0 amide bonds. The Bertz CT molecular complexity index is 787. The molecule has 1 aromatic heterocycles. The van der Waals surface area contributed by atoms with Crippen LogP contribution in [0.25, 0.3) is 10.9 Å². The molecule has 0 saturated carbocycles. The lowest BCUT2D eigenvalue weighted by atomic mass is 9.97. The predicted octanol–water partition coefficient (Wildman–Crippen LogP) is 3.98. The number of carbonyl (C=O) groups is 1. The van der Waals surface area contributed by atoms with Crippen molar-refractivity contribution in [1.82, 2.24) is 9.47 Å². The summed E-state index contributed by atoms with van der Waals surface area (Å²) in [5.74, 6) is -0.847. The summed E-state index contributed by atoms with van der Waals surface area (Å²) < 4.78 is 2.21. The van der Waals surface area contributed by atoms with Crippen LogP contribution in [0.3, 0.4) is 0 Å². The third kappa shape index (κ3) is 3.01. The minimum Gasteiger partial charge on any atom is -0.478 e. The Morgan fingerprint density at radius 3 is 2.56 bits per heavy atom. The fraction of sp³-hybridized carbons (Fsp3) is 0.474. The highest BCUT2D eigenvalue weighted by Gasteiger charge is 2.40. The highest BCUT2D eigenvalue weighted by molar-refractivity contribution is 6.03. The van der Waals surface area contributed by atoms with Crippen molar-refractivity contribution in [3.8, 4) is 0 Å². The fourth-order valence-corrected chi connectivity index (χ4v) is 4.45. The second-order valence-corrected chi connectivity index (χ2v) is 6.84. The molecular weight excluding hydrogens is 338 g/mol. The van der Waals surface area contributed by atoms with E-state index in [-0.39, 0.29) is 12.4 Å². The van der Waals surface area contributed by atoms with E-state index in [2.05, 4.69) is 21.4 Å². The van der Waals surface area contributed by atoms with Crippen molar-refractivity contribution in [2.45, 2.75) is 50.7 Å². The highest BCUT2D eigenvalue weighted by atomic mass is 35.5. The lowest BCUT2D eigenvalue weighted by molar-refractivity contribution is 0.0698. The summed E-state index contributed by atoms with van der Waals surface area (Å²) in [5.41, 5.74) is 1.45. The van der Waals surface area contributed by atoms with Crippen molar-refractivity contribution in [3.05, 3.63) is 36.0 Å². The largest absolute Gasteiger partial charge is 0.478 e. The van der Waals surface area contributed by atoms with Gasteiger partial charge in [0.1, 0.15) is 0 Å². The molecule has 2 bridgehead atoms. The molecule has 3 heterocycles. The summed E-state index contributed by atoms with van der Waals surface area (Å²) in [6.45, 7) is 2.88. The first-order valence-electron chi connectivity index (χ1n) is 8.79. The number of hydrogen-bond acceptors (Lipinski definition) is 2. The number of nitrogens with zero attached hydrogens (tertiary/aromatic N) is 3. The maximum Gasteiger partial charge on any atom is 0.337 e. The average molecular weight is 362 g/mol. The van der Waals surface area contributed by atoms with Crippen molar-refractivity contribution in [2.75, 3.05) is 6.54 Å². The van der Waals surface area contributed by atoms with Crippen LogP contribution in [-0.2, 0) is 0 Å². The minimum atomic E-state index is -0.847. The molecule has 5 nitrogen and oxygen atoms in total. The number of fused-ring (bicyclic) bond motifs is 3. The molecule has 2 aliphatic heterocycles. The van der Waals surface area contributed by atoms with Crippen molar-refractivity contribution >= 4 is 35.6 Å². The number of aromatic nitrogens is 1. The van der Waals surface area contributed by atoms with Crippen LogP contribution >= 0.6 is 12.4 Å². The van der Waals surface area contributed by atoms with Gasteiger partial charge in [-0.05, 0) is 38.7 Å². The van der Waals surface area contributed by atoms with Crippen LogP contribution in [0.15, 0.2) is 35.5 Å².